The lowest BCUT2D eigenvalue weighted by atomic mass is 9.75. The Morgan fingerprint density at radius 2 is 1.89 bits per heavy atom. The first-order valence-corrected chi connectivity index (χ1v) is 7.02. The molecule has 1 aliphatic rings. The first-order valence-electron chi connectivity index (χ1n) is 7.02. The second kappa shape index (κ2) is 5.41. The van der Waals surface area contributed by atoms with Gasteiger partial charge >= 0.3 is 0 Å². The predicted octanol–water partition coefficient (Wildman–Crippen LogP) is 2.99. The minimum absolute atomic E-state index is 0.561. The number of rotatable bonds is 5. The molecule has 0 bridgehead atoms. The summed E-state index contributed by atoms with van der Waals surface area (Å²) in [5.41, 5.74) is 2.22. The molecule has 1 atom stereocenters. The second-order valence-electron chi connectivity index (χ2n) is 6.01. The summed E-state index contributed by atoms with van der Waals surface area (Å²) in [5, 5.41) is 13.4. The largest absolute Gasteiger partial charge is 0.389 e. The zero-order chi connectivity index (χ0) is 13.2. The van der Waals surface area contributed by atoms with Gasteiger partial charge in [-0.15, -0.1) is 0 Å². The average molecular weight is 247 g/mol. The smallest absolute Gasteiger partial charge is 0.0741 e. The van der Waals surface area contributed by atoms with Crippen molar-refractivity contribution in [1.82, 2.24) is 5.32 Å². The van der Waals surface area contributed by atoms with Gasteiger partial charge in [-0.2, -0.15) is 0 Å². The fraction of sp³-hybridized carbons (Fsp3) is 0.625. The monoisotopic (exact) mass is 247 g/mol. The van der Waals surface area contributed by atoms with Crippen molar-refractivity contribution in [1.29, 1.82) is 0 Å². The van der Waals surface area contributed by atoms with Crippen molar-refractivity contribution in [2.24, 2.45) is 0 Å². The Morgan fingerprint density at radius 1 is 1.28 bits per heavy atom. The molecule has 2 rings (SSSR count). The Morgan fingerprint density at radius 3 is 2.44 bits per heavy atom. The number of benzene rings is 1. The summed E-state index contributed by atoms with van der Waals surface area (Å²) in [6.45, 7) is 6.75. The molecular formula is C16H25NO. The van der Waals surface area contributed by atoms with E-state index in [0.29, 0.717) is 18.5 Å². The van der Waals surface area contributed by atoms with Gasteiger partial charge in [0.15, 0.2) is 0 Å². The van der Waals surface area contributed by atoms with Crippen LogP contribution in [0.25, 0.3) is 0 Å². The van der Waals surface area contributed by atoms with Crippen LogP contribution in [0.3, 0.4) is 0 Å². The molecule has 0 spiro atoms. The Kier molecular flexibility index (Phi) is 4.08. The number of hydrogen-bond donors (Lipinski definition) is 2. The normalized spacial score (nSPS) is 26.4. The van der Waals surface area contributed by atoms with Gasteiger partial charge in [0.05, 0.1) is 5.60 Å². The van der Waals surface area contributed by atoms with E-state index in [-0.39, 0.29) is 0 Å². The molecule has 2 nitrogen and oxygen atoms in total. The van der Waals surface area contributed by atoms with Gasteiger partial charge in [-0.1, -0.05) is 36.8 Å². The highest BCUT2D eigenvalue weighted by atomic mass is 16.3. The SMILES string of the molecule is CCC(C)(O)CNC1CC(c2ccc(C)cc2)C1. The van der Waals surface area contributed by atoms with Gasteiger partial charge in [-0.3, -0.25) is 0 Å². The standard InChI is InChI=1S/C16H25NO/c1-4-16(3,18)11-17-15-9-14(10-15)13-7-5-12(2)6-8-13/h5-8,14-15,17-18H,4,9-11H2,1-3H3. The van der Waals surface area contributed by atoms with Gasteiger partial charge in [-0.05, 0) is 44.6 Å². The molecule has 0 saturated heterocycles. The van der Waals surface area contributed by atoms with E-state index in [0.717, 1.165) is 6.42 Å². The quantitative estimate of drug-likeness (QED) is 0.838. The Bertz CT molecular complexity index is 377. The molecule has 0 amide bonds. The van der Waals surface area contributed by atoms with Gasteiger partial charge in [0.25, 0.3) is 0 Å². The molecule has 0 heterocycles. The van der Waals surface area contributed by atoms with E-state index in [1.165, 1.54) is 24.0 Å². The summed E-state index contributed by atoms with van der Waals surface area (Å²) in [5.74, 6) is 0.703. The van der Waals surface area contributed by atoms with Crippen molar-refractivity contribution < 1.29 is 5.11 Å². The van der Waals surface area contributed by atoms with Crippen LogP contribution in [0.2, 0.25) is 0 Å². The molecule has 0 aliphatic heterocycles. The average Bonchev–Trinajstić information content (AvgIpc) is 2.29. The van der Waals surface area contributed by atoms with E-state index in [4.69, 9.17) is 0 Å². The first kappa shape index (κ1) is 13.6. The third-order valence-electron chi connectivity index (χ3n) is 4.22. The van der Waals surface area contributed by atoms with Crippen LogP contribution in [0.15, 0.2) is 24.3 Å². The lowest BCUT2D eigenvalue weighted by molar-refractivity contribution is 0.0482. The van der Waals surface area contributed by atoms with Gasteiger partial charge in [0.1, 0.15) is 0 Å². The maximum Gasteiger partial charge on any atom is 0.0741 e. The second-order valence-corrected chi connectivity index (χ2v) is 6.01. The fourth-order valence-corrected chi connectivity index (χ4v) is 2.38. The van der Waals surface area contributed by atoms with Crippen LogP contribution in [-0.4, -0.2) is 23.3 Å². The van der Waals surface area contributed by atoms with Crippen LogP contribution >= 0.6 is 0 Å². The van der Waals surface area contributed by atoms with E-state index in [2.05, 4.69) is 36.5 Å². The lowest BCUT2D eigenvalue weighted by Crippen LogP contribution is -2.47. The van der Waals surface area contributed by atoms with E-state index in [1.54, 1.807) is 0 Å². The molecule has 0 aromatic heterocycles. The van der Waals surface area contributed by atoms with Crippen LogP contribution in [0.4, 0.5) is 0 Å². The van der Waals surface area contributed by atoms with Crippen LogP contribution < -0.4 is 5.32 Å². The third kappa shape index (κ3) is 3.33. The minimum atomic E-state index is -0.561. The van der Waals surface area contributed by atoms with Crippen LogP contribution in [0, 0.1) is 6.92 Å². The number of aryl methyl sites for hydroxylation is 1. The Balaban J connectivity index is 1.75. The molecule has 1 aromatic rings. The van der Waals surface area contributed by atoms with Crippen molar-refractivity contribution in [2.75, 3.05) is 6.54 Å². The highest BCUT2D eigenvalue weighted by Gasteiger charge is 2.31. The molecule has 0 radical (unpaired) electrons. The summed E-state index contributed by atoms with van der Waals surface area (Å²) in [6.07, 6.45) is 3.19. The Labute approximate surface area is 110 Å². The molecule has 1 saturated carbocycles. The zero-order valence-electron chi connectivity index (χ0n) is 11.7. The molecule has 1 unspecified atom stereocenters. The molecule has 1 fully saturated rings. The summed E-state index contributed by atoms with van der Waals surface area (Å²) in [6, 6.07) is 9.46. The molecule has 2 heteroatoms. The lowest BCUT2D eigenvalue weighted by Gasteiger charge is -2.38. The zero-order valence-corrected chi connectivity index (χ0v) is 11.7. The van der Waals surface area contributed by atoms with E-state index in [9.17, 15) is 5.11 Å². The van der Waals surface area contributed by atoms with Gasteiger partial charge in [0.2, 0.25) is 0 Å². The highest BCUT2D eigenvalue weighted by molar-refractivity contribution is 5.26. The van der Waals surface area contributed by atoms with Crippen molar-refractivity contribution >= 4 is 0 Å². The van der Waals surface area contributed by atoms with Crippen LogP contribution in [0.5, 0.6) is 0 Å². The highest BCUT2D eigenvalue weighted by Crippen LogP contribution is 2.37. The van der Waals surface area contributed by atoms with E-state index < -0.39 is 5.60 Å². The van der Waals surface area contributed by atoms with Crippen molar-refractivity contribution in [3.8, 4) is 0 Å². The maximum absolute atomic E-state index is 9.94. The maximum atomic E-state index is 9.94. The predicted molar refractivity (Wildman–Crippen MR) is 75.9 cm³/mol. The molecular weight excluding hydrogens is 222 g/mol. The Hall–Kier alpha value is -0.860. The summed E-state index contributed by atoms with van der Waals surface area (Å²) < 4.78 is 0. The van der Waals surface area contributed by atoms with Crippen molar-refractivity contribution in [2.45, 2.75) is 57.6 Å². The first-order chi connectivity index (χ1) is 8.50. The molecule has 2 N–H and O–H groups in total. The number of aliphatic hydroxyl groups is 1. The molecule has 18 heavy (non-hydrogen) atoms. The number of hydrogen-bond acceptors (Lipinski definition) is 2. The number of nitrogens with one attached hydrogen (secondary N) is 1. The molecule has 1 aliphatic carbocycles. The molecule has 1 aromatic carbocycles. The van der Waals surface area contributed by atoms with Crippen molar-refractivity contribution in [3.63, 3.8) is 0 Å². The minimum Gasteiger partial charge on any atom is -0.389 e. The van der Waals surface area contributed by atoms with E-state index >= 15 is 0 Å². The topological polar surface area (TPSA) is 32.3 Å². The summed E-state index contributed by atoms with van der Waals surface area (Å²) >= 11 is 0. The summed E-state index contributed by atoms with van der Waals surface area (Å²) in [4.78, 5) is 0. The fourth-order valence-electron chi connectivity index (χ4n) is 2.38. The van der Waals surface area contributed by atoms with Crippen LogP contribution in [0.1, 0.15) is 50.2 Å². The summed E-state index contributed by atoms with van der Waals surface area (Å²) in [7, 11) is 0. The third-order valence-corrected chi connectivity index (χ3v) is 4.22. The molecule has 100 valence electrons. The van der Waals surface area contributed by atoms with Crippen molar-refractivity contribution in [3.05, 3.63) is 35.4 Å². The van der Waals surface area contributed by atoms with Gasteiger partial charge in [0, 0.05) is 12.6 Å². The van der Waals surface area contributed by atoms with E-state index in [1.807, 2.05) is 13.8 Å². The van der Waals surface area contributed by atoms with Gasteiger partial charge < -0.3 is 10.4 Å². The van der Waals surface area contributed by atoms with Crippen LogP contribution in [-0.2, 0) is 0 Å². The van der Waals surface area contributed by atoms with Gasteiger partial charge in [-0.25, -0.2) is 0 Å².